The Kier molecular flexibility index (Phi) is 11.1. The fourth-order valence-corrected chi connectivity index (χ4v) is 4.68. The fraction of sp³-hybridized carbons (Fsp3) is 0.400. The van der Waals surface area contributed by atoms with Crippen LogP contribution in [-0.4, -0.2) is 54.6 Å². The molecule has 0 saturated heterocycles. The van der Waals surface area contributed by atoms with Gasteiger partial charge in [-0.2, -0.15) is 19.9 Å². The lowest BCUT2D eigenvalue weighted by atomic mass is 10.2. The van der Waals surface area contributed by atoms with E-state index in [4.69, 9.17) is 18.9 Å². The van der Waals surface area contributed by atoms with Gasteiger partial charge < -0.3 is 18.9 Å². The Bertz CT molecular complexity index is 1920. The molecule has 0 unspecified atom stereocenters. The van der Waals surface area contributed by atoms with Crippen LogP contribution in [-0.2, 0) is 27.9 Å². The van der Waals surface area contributed by atoms with Gasteiger partial charge in [-0.3, -0.25) is 4.57 Å². The van der Waals surface area contributed by atoms with Crippen LogP contribution in [0, 0.1) is 3.57 Å². The predicted octanol–water partition coefficient (Wildman–Crippen LogP) is 7.66. The van der Waals surface area contributed by atoms with Crippen LogP contribution in [0.1, 0.15) is 67.9 Å². The Labute approximate surface area is 303 Å². The zero-order valence-electron chi connectivity index (χ0n) is 29.7. The minimum absolute atomic E-state index is 0.0382. The van der Waals surface area contributed by atoms with E-state index in [0.29, 0.717) is 10.6 Å². The van der Waals surface area contributed by atoms with Crippen LogP contribution in [0.2, 0.25) is 0 Å². The highest BCUT2D eigenvalue weighted by atomic mass is 127. The second-order valence-electron chi connectivity index (χ2n) is 14.2. The molecule has 14 nitrogen and oxygen atoms in total. The second-order valence-corrected chi connectivity index (χ2v) is 15.4. The number of benzene rings is 2. The van der Waals surface area contributed by atoms with Crippen molar-refractivity contribution in [2.75, 3.05) is 9.80 Å². The molecule has 4 aromatic rings. The maximum atomic E-state index is 13.8. The van der Waals surface area contributed by atoms with Crippen molar-refractivity contribution in [2.24, 2.45) is 7.05 Å². The summed E-state index contributed by atoms with van der Waals surface area (Å²) in [6.07, 6.45) is -3.14. The SMILES string of the molecule is Cn1c(=O)nc(N(C(=O)OC(C)(C)C)C(=O)OC(C)(C)C)c2c(OCc3ccccc3)nc(N(C(=O)OC(C)(C)C)c3ccc(I)cc3)nc21. The number of nitrogens with zero attached hydrogens (tertiary/aromatic N) is 6. The average molecular weight is 801 g/mol. The molecule has 3 amide bonds. The lowest BCUT2D eigenvalue weighted by Gasteiger charge is -2.29. The first-order chi connectivity index (χ1) is 23.1. The van der Waals surface area contributed by atoms with E-state index >= 15 is 0 Å². The van der Waals surface area contributed by atoms with Gasteiger partial charge in [-0.15, -0.1) is 0 Å². The number of hydrogen-bond acceptors (Lipinski definition) is 11. The Morgan fingerprint density at radius 1 is 0.740 bits per heavy atom. The highest BCUT2D eigenvalue weighted by Gasteiger charge is 2.38. The summed E-state index contributed by atoms with van der Waals surface area (Å²) in [6, 6.07) is 16.1. The molecule has 266 valence electrons. The minimum atomic E-state index is -1.17. The molecule has 0 saturated carbocycles. The van der Waals surface area contributed by atoms with E-state index in [0.717, 1.165) is 18.6 Å². The molecular weight excluding hydrogens is 759 g/mol. The number of fused-ring (bicyclic) bond motifs is 1. The summed E-state index contributed by atoms with van der Waals surface area (Å²) >= 11 is 2.14. The zero-order valence-corrected chi connectivity index (χ0v) is 31.9. The number of halogens is 1. The third-order valence-electron chi connectivity index (χ3n) is 6.32. The molecule has 2 aromatic heterocycles. The molecule has 0 N–H and O–H groups in total. The fourth-order valence-electron chi connectivity index (χ4n) is 4.32. The molecule has 2 heterocycles. The van der Waals surface area contributed by atoms with Crippen LogP contribution < -0.4 is 20.2 Å². The summed E-state index contributed by atoms with van der Waals surface area (Å²) in [7, 11) is 1.40. The molecule has 50 heavy (non-hydrogen) atoms. The number of carbonyl (C=O) groups is 3. The van der Waals surface area contributed by atoms with Crippen molar-refractivity contribution in [3.05, 3.63) is 74.2 Å². The van der Waals surface area contributed by atoms with E-state index in [-0.39, 0.29) is 29.5 Å². The Morgan fingerprint density at radius 2 is 1.26 bits per heavy atom. The van der Waals surface area contributed by atoms with E-state index in [9.17, 15) is 19.2 Å². The van der Waals surface area contributed by atoms with Gasteiger partial charge in [0.1, 0.15) is 28.8 Å². The average Bonchev–Trinajstić information content (AvgIpc) is 2.97. The number of rotatable bonds is 6. The van der Waals surface area contributed by atoms with Crippen molar-refractivity contribution in [1.29, 1.82) is 0 Å². The highest BCUT2D eigenvalue weighted by molar-refractivity contribution is 14.1. The summed E-state index contributed by atoms with van der Waals surface area (Å²) in [5.74, 6) is -0.910. The first kappa shape index (κ1) is 38.0. The molecule has 0 aliphatic heterocycles. The lowest BCUT2D eigenvalue weighted by Crippen LogP contribution is -2.45. The van der Waals surface area contributed by atoms with Crippen molar-refractivity contribution in [3.8, 4) is 5.88 Å². The molecule has 0 bridgehead atoms. The standard InChI is InChI=1S/C35H41IN6O8/c1-33(2,3)48-30(44)41(23-18-16-22(36)17-19-23)28-37-25-24(27(39-28)47-20-21-14-12-11-13-15-21)26(38-29(43)40(25)10)42(31(45)49-34(4,5)6)32(46)50-35(7,8)9/h11-19H,20H2,1-10H3. The maximum absolute atomic E-state index is 13.8. The largest absolute Gasteiger partial charge is 0.472 e. The number of hydrogen-bond donors (Lipinski definition) is 0. The number of imide groups is 1. The van der Waals surface area contributed by atoms with E-state index in [1.807, 2.05) is 30.3 Å². The van der Waals surface area contributed by atoms with E-state index in [1.54, 1.807) is 86.6 Å². The molecule has 15 heteroatoms. The van der Waals surface area contributed by atoms with Crippen molar-refractivity contribution < 1.29 is 33.3 Å². The third-order valence-corrected chi connectivity index (χ3v) is 7.04. The van der Waals surface area contributed by atoms with Gasteiger partial charge in [0.05, 0.1) is 5.69 Å². The van der Waals surface area contributed by atoms with E-state index < -0.39 is 46.6 Å². The Hall–Kier alpha value is -4.80. The maximum Gasteiger partial charge on any atom is 0.425 e. The quantitative estimate of drug-likeness (QED) is 0.139. The van der Waals surface area contributed by atoms with Gasteiger partial charge in [0.15, 0.2) is 11.5 Å². The molecule has 4 rings (SSSR count). The summed E-state index contributed by atoms with van der Waals surface area (Å²) in [4.78, 5) is 69.8. The van der Waals surface area contributed by atoms with Crippen LogP contribution in [0.15, 0.2) is 59.4 Å². The van der Waals surface area contributed by atoms with Gasteiger partial charge in [-0.25, -0.2) is 24.1 Å². The van der Waals surface area contributed by atoms with Crippen LogP contribution >= 0.6 is 22.6 Å². The molecule has 0 aliphatic carbocycles. The normalized spacial score (nSPS) is 11.9. The molecule has 2 aromatic carbocycles. The first-order valence-corrected chi connectivity index (χ1v) is 16.7. The third kappa shape index (κ3) is 9.67. The molecule has 0 atom stereocenters. The summed E-state index contributed by atoms with van der Waals surface area (Å²) in [6.45, 7) is 14.8. The smallest absolute Gasteiger partial charge is 0.425 e. The van der Waals surface area contributed by atoms with Crippen molar-refractivity contribution >= 4 is 69.4 Å². The predicted molar refractivity (Wildman–Crippen MR) is 196 cm³/mol. The second kappa shape index (κ2) is 14.6. The first-order valence-electron chi connectivity index (χ1n) is 15.6. The molecule has 0 spiro atoms. The summed E-state index contributed by atoms with van der Waals surface area (Å²) in [5, 5.41) is -0.102. The van der Waals surface area contributed by atoms with Gasteiger partial charge in [0.25, 0.3) is 0 Å². The topological polar surface area (TPSA) is 155 Å². The van der Waals surface area contributed by atoms with Crippen LogP contribution in [0.25, 0.3) is 11.0 Å². The Morgan fingerprint density at radius 3 is 1.78 bits per heavy atom. The summed E-state index contributed by atoms with van der Waals surface area (Å²) < 4.78 is 25.1. The summed E-state index contributed by atoms with van der Waals surface area (Å²) in [5.41, 5.74) is -2.90. The highest BCUT2D eigenvalue weighted by Crippen LogP contribution is 2.36. The van der Waals surface area contributed by atoms with Gasteiger partial charge in [0, 0.05) is 10.6 Å². The number of aryl methyl sites for hydroxylation is 1. The Balaban J connectivity index is 2.08. The number of ether oxygens (including phenoxy) is 4. The van der Waals surface area contributed by atoms with Crippen molar-refractivity contribution in [2.45, 2.75) is 85.7 Å². The van der Waals surface area contributed by atoms with Gasteiger partial charge in [-0.05, 0) is 115 Å². The molecule has 0 radical (unpaired) electrons. The zero-order chi connectivity index (χ0) is 37.2. The van der Waals surface area contributed by atoms with Crippen molar-refractivity contribution in [1.82, 2.24) is 19.5 Å². The van der Waals surface area contributed by atoms with E-state index in [1.165, 1.54) is 7.05 Å². The van der Waals surface area contributed by atoms with Gasteiger partial charge in [-0.1, -0.05) is 30.3 Å². The molecular formula is C35H41IN6O8. The number of carbonyl (C=O) groups excluding carboxylic acids is 3. The van der Waals surface area contributed by atoms with Crippen molar-refractivity contribution in [3.63, 3.8) is 0 Å². The number of amides is 3. The van der Waals surface area contributed by atoms with Crippen LogP contribution in [0.5, 0.6) is 5.88 Å². The number of aromatic nitrogens is 4. The van der Waals surface area contributed by atoms with E-state index in [2.05, 4.69) is 37.5 Å². The lowest BCUT2D eigenvalue weighted by molar-refractivity contribution is 0.0428. The molecule has 0 aliphatic rings. The minimum Gasteiger partial charge on any atom is -0.472 e. The number of anilines is 3. The monoisotopic (exact) mass is 800 g/mol. The van der Waals surface area contributed by atoms with Crippen LogP contribution in [0.3, 0.4) is 0 Å². The molecule has 0 fully saturated rings. The van der Waals surface area contributed by atoms with Gasteiger partial charge >= 0.3 is 24.0 Å². The van der Waals surface area contributed by atoms with Crippen LogP contribution in [0.4, 0.5) is 31.8 Å². The van der Waals surface area contributed by atoms with Gasteiger partial charge in [0.2, 0.25) is 11.8 Å².